The normalized spacial score (nSPS) is 25.4. The van der Waals surface area contributed by atoms with Crippen molar-refractivity contribution in [2.45, 2.75) is 13.0 Å². The number of rotatable bonds is 3. The maximum Gasteiger partial charge on any atom is 0.344 e. The van der Waals surface area contributed by atoms with Crippen LogP contribution in [0.25, 0.3) is 0 Å². The third-order valence-corrected chi connectivity index (χ3v) is 2.63. The molecule has 76 valence electrons. The topological polar surface area (TPSA) is 32.8 Å². The van der Waals surface area contributed by atoms with Crippen LogP contribution in [0.5, 0.6) is 0 Å². The van der Waals surface area contributed by atoms with Gasteiger partial charge in [-0.3, -0.25) is 4.84 Å². The van der Waals surface area contributed by atoms with Crippen molar-refractivity contribution >= 4 is 6.03 Å². The zero-order valence-electron chi connectivity index (χ0n) is 8.27. The first kappa shape index (κ1) is 9.27. The molecule has 1 fully saturated rings. The maximum atomic E-state index is 11.7. The van der Waals surface area contributed by atoms with E-state index in [1.54, 1.807) is 11.0 Å². The second-order valence-corrected chi connectivity index (χ2v) is 3.56. The summed E-state index contributed by atoms with van der Waals surface area (Å²) in [5, 5.41) is 1.46. The Morgan fingerprint density at radius 1 is 1.79 bits per heavy atom. The van der Waals surface area contributed by atoms with Crippen molar-refractivity contribution in [3.63, 3.8) is 0 Å². The minimum absolute atomic E-state index is 0.0371. The molecule has 1 atom stereocenters. The molecule has 2 heterocycles. The molecule has 4 nitrogen and oxygen atoms in total. The molecular weight excluding hydrogens is 180 g/mol. The lowest BCUT2D eigenvalue weighted by molar-refractivity contribution is -0.109. The third-order valence-electron chi connectivity index (χ3n) is 2.63. The van der Waals surface area contributed by atoms with Crippen molar-refractivity contribution in [2.24, 2.45) is 0 Å². The van der Waals surface area contributed by atoms with Crippen LogP contribution in [0.15, 0.2) is 24.3 Å². The number of carbonyl (C=O) groups is 1. The molecule has 0 saturated carbocycles. The van der Waals surface area contributed by atoms with Crippen LogP contribution in [-0.4, -0.2) is 41.7 Å². The smallest absolute Gasteiger partial charge is 0.317 e. The first-order valence-electron chi connectivity index (χ1n) is 4.72. The van der Waals surface area contributed by atoms with Crippen molar-refractivity contribution in [1.82, 2.24) is 9.96 Å². The summed E-state index contributed by atoms with van der Waals surface area (Å²) in [5.41, 5.74) is 1.20. The number of nitrogens with zero attached hydrogens (tertiary/aromatic N) is 2. The number of carbonyl (C=O) groups excluding carboxylic acids is 1. The standard InChI is InChI=1S/C10H14N2O2/c1-3-6-14-12-9-7-11(10(12)13)5-4-8(9)2/h3-4,9H,1,5-7H2,2H3. The van der Waals surface area contributed by atoms with Gasteiger partial charge in [0.2, 0.25) is 0 Å². The van der Waals surface area contributed by atoms with Crippen LogP contribution in [0, 0.1) is 0 Å². The van der Waals surface area contributed by atoms with Crippen LogP contribution in [0.4, 0.5) is 4.79 Å². The Kier molecular flexibility index (Phi) is 2.29. The summed E-state index contributed by atoms with van der Waals surface area (Å²) in [6, 6.07) is 0.0566. The molecular formula is C10H14N2O2. The summed E-state index contributed by atoms with van der Waals surface area (Å²) in [6.45, 7) is 7.42. The van der Waals surface area contributed by atoms with Gasteiger partial charge in [-0.2, -0.15) is 5.06 Å². The minimum Gasteiger partial charge on any atom is -0.317 e. The van der Waals surface area contributed by atoms with E-state index >= 15 is 0 Å². The van der Waals surface area contributed by atoms with E-state index < -0.39 is 0 Å². The molecule has 0 aliphatic carbocycles. The monoisotopic (exact) mass is 194 g/mol. The van der Waals surface area contributed by atoms with Gasteiger partial charge in [-0.25, -0.2) is 4.79 Å². The van der Waals surface area contributed by atoms with Crippen LogP contribution < -0.4 is 0 Å². The molecule has 1 saturated heterocycles. The van der Waals surface area contributed by atoms with Gasteiger partial charge in [0.05, 0.1) is 12.6 Å². The highest BCUT2D eigenvalue weighted by molar-refractivity contribution is 5.77. The van der Waals surface area contributed by atoms with Crippen molar-refractivity contribution in [3.05, 3.63) is 24.3 Å². The molecule has 0 spiro atoms. The van der Waals surface area contributed by atoms with Crippen LogP contribution in [0.3, 0.4) is 0 Å². The van der Waals surface area contributed by atoms with Crippen LogP contribution in [0.1, 0.15) is 6.92 Å². The molecule has 0 aromatic rings. The zero-order valence-corrected chi connectivity index (χ0v) is 8.27. The van der Waals surface area contributed by atoms with E-state index in [9.17, 15) is 4.79 Å². The molecule has 2 aliphatic rings. The van der Waals surface area contributed by atoms with Crippen molar-refractivity contribution in [3.8, 4) is 0 Å². The number of amides is 2. The van der Waals surface area contributed by atoms with Gasteiger partial charge in [-0.05, 0) is 12.5 Å². The number of hydrogen-bond acceptors (Lipinski definition) is 2. The van der Waals surface area contributed by atoms with E-state index in [1.165, 1.54) is 10.6 Å². The van der Waals surface area contributed by atoms with E-state index in [2.05, 4.69) is 12.7 Å². The molecule has 0 aromatic heterocycles. The molecule has 4 heteroatoms. The maximum absolute atomic E-state index is 11.7. The average Bonchev–Trinajstić information content (AvgIpc) is 2.45. The quantitative estimate of drug-likeness (QED) is 0.632. The van der Waals surface area contributed by atoms with Gasteiger partial charge >= 0.3 is 6.03 Å². The van der Waals surface area contributed by atoms with Gasteiger partial charge in [-0.15, -0.1) is 6.58 Å². The van der Waals surface area contributed by atoms with Crippen LogP contribution in [0.2, 0.25) is 0 Å². The molecule has 2 rings (SSSR count). The Bertz CT molecular complexity index is 298. The van der Waals surface area contributed by atoms with Crippen LogP contribution in [-0.2, 0) is 4.84 Å². The highest BCUT2D eigenvalue weighted by Crippen LogP contribution is 2.25. The summed E-state index contributed by atoms with van der Waals surface area (Å²) >= 11 is 0. The molecule has 0 aromatic carbocycles. The molecule has 2 amide bonds. The Labute approximate surface area is 83.4 Å². The molecule has 0 radical (unpaired) electrons. The lowest BCUT2D eigenvalue weighted by Crippen LogP contribution is -2.34. The first-order valence-corrected chi connectivity index (χ1v) is 4.72. The number of fused-ring (bicyclic) bond motifs is 2. The Morgan fingerprint density at radius 3 is 3.29 bits per heavy atom. The lowest BCUT2D eigenvalue weighted by atomic mass is 10.1. The van der Waals surface area contributed by atoms with Gasteiger partial charge < -0.3 is 4.90 Å². The summed E-state index contributed by atoms with van der Waals surface area (Å²) in [5.74, 6) is 0. The fraction of sp³-hybridized carbons (Fsp3) is 0.500. The number of hydroxylamine groups is 2. The van der Waals surface area contributed by atoms with Gasteiger partial charge in [0.1, 0.15) is 0 Å². The summed E-state index contributed by atoms with van der Waals surface area (Å²) in [7, 11) is 0. The van der Waals surface area contributed by atoms with Gasteiger partial charge in [-0.1, -0.05) is 12.2 Å². The first-order chi connectivity index (χ1) is 6.74. The largest absolute Gasteiger partial charge is 0.344 e. The Balaban J connectivity index is 2.13. The Hall–Kier alpha value is -1.29. The van der Waals surface area contributed by atoms with E-state index in [0.717, 1.165) is 6.54 Å². The predicted molar refractivity (Wildman–Crippen MR) is 52.5 cm³/mol. The van der Waals surface area contributed by atoms with Gasteiger partial charge in [0.25, 0.3) is 0 Å². The average molecular weight is 194 g/mol. The van der Waals surface area contributed by atoms with Gasteiger partial charge in [0, 0.05) is 13.1 Å². The molecule has 14 heavy (non-hydrogen) atoms. The van der Waals surface area contributed by atoms with Gasteiger partial charge in [0.15, 0.2) is 0 Å². The van der Waals surface area contributed by atoms with Crippen molar-refractivity contribution < 1.29 is 9.63 Å². The predicted octanol–water partition coefficient (Wildman–Crippen LogP) is 1.17. The number of hydrogen-bond donors (Lipinski definition) is 0. The summed E-state index contributed by atoms with van der Waals surface area (Å²) in [4.78, 5) is 18.8. The summed E-state index contributed by atoms with van der Waals surface area (Å²) in [6.07, 6.45) is 3.72. The second-order valence-electron chi connectivity index (χ2n) is 3.56. The van der Waals surface area contributed by atoms with E-state index in [1.807, 2.05) is 6.92 Å². The lowest BCUT2D eigenvalue weighted by Gasteiger charge is -2.22. The fourth-order valence-corrected chi connectivity index (χ4v) is 1.78. The van der Waals surface area contributed by atoms with Crippen molar-refractivity contribution in [1.29, 1.82) is 0 Å². The van der Waals surface area contributed by atoms with Crippen LogP contribution >= 0.6 is 0 Å². The SMILES string of the molecule is C=CCON1C(=O)N2CC=C(C)C1C2. The van der Waals surface area contributed by atoms with E-state index in [-0.39, 0.29) is 12.1 Å². The van der Waals surface area contributed by atoms with E-state index in [4.69, 9.17) is 4.84 Å². The van der Waals surface area contributed by atoms with E-state index in [0.29, 0.717) is 13.2 Å². The molecule has 1 unspecified atom stereocenters. The number of urea groups is 1. The second kappa shape index (κ2) is 3.46. The molecule has 2 aliphatic heterocycles. The highest BCUT2D eigenvalue weighted by Gasteiger charge is 2.41. The van der Waals surface area contributed by atoms with Crippen molar-refractivity contribution in [2.75, 3.05) is 19.7 Å². The molecule has 0 N–H and O–H groups in total. The zero-order chi connectivity index (χ0) is 10.1. The highest BCUT2D eigenvalue weighted by atomic mass is 16.7. The minimum atomic E-state index is -0.0371. The summed E-state index contributed by atoms with van der Waals surface area (Å²) < 4.78 is 0. The molecule has 2 bridgehead atoms. The third kappa shape index (κ3) is 1.32. The Morgan fingerprint density at radius 2 is 2.57 bits per heavy atom. The fourth-order valence-electron chi connectivity index (χ4n) is 1.78.